The van der Waals surface area contributed by atoms with Gasteiger partial charge in [-0.05, 0) is 64.0 Å². The lowest BCUT2D eigenvalue weighted by Crippen LogP contribution is -2.46. The second-order valence-corrected chi connectivity index (χ2v) is 8.87. The number of ether oxygens (including phenoxy) is 1. The van der Waals surface area contributed by atoms with Crippen molar-refractivity contribution < 1.29 is 9.53 Å². The highest BCUT2D eigenvalue weighted by Crippen LogP contribution is 2.28. The molecule has 0 aromatic heterocycles. The Morgan fingerprint density at radius 2 is 2.00 bits per heavy atom. The molecule has 4 heteroatoms. The monoisotopic (exact) mass is 370 g/mol. The molecule has 148 valence electrons. The van der Waals surface area contributed by atoms with Gasteiger partial charge in [0.05, 0.1) is 0 Å². The molecule has 1 fully saturated rings. The minimum absolute atomic E-state index is 0.219. The van der Waals surface area contributed by atoms with Crippen molar-refractivity contribution in [3.63, 3.8) is 0 Å². The van der Waals surface area contributed by atoms with E-state index in [0.29, 0.717) is 5.92 Å². The molecule has 0 spiro atoms. The number of rotatable bonds is 3. The number of carbonyl (C=O) groups is 1. The van der Waals surface area contributed by atoms with E-state index in [4.69, 9.17) is 4.74 Å². The Morgan fingerprint density at radius 3 is 2.74 bits per heavy atom. The number of fused-ring (bicyclic) bond motifs is 1. The van der Waals surface area contributed by atoms with Crippen molar-refractivity contribution in [2.75, 3.05) is 19.6 Å². The number of alkyl carbamates (subject to hydrolysis) is 1. The van der Waals surface area contributed by atoms with Crippen molar-refractivity contribution in [2.24, 2.45) is 5.92 Å². The molecule has 3 aliphatic rings. The average Bonchev–Trinajstić information content (AvgIpc) is 2.90. The Morgan fingerprint density at radius 1 is 1.22 bits per heavy atom. The zero-order valence-electron chi connectivity index (χ0n) is 17.0. The van der Waals surface area contributed by atoms with Crippen molar-refractivity contribution in [3.8, 4) is 0 Å². The summed E-state index contributed by atoms with van der Waals surface area (Å²) >= 11 is 0. The normalized spacial score (nSPS) is 24.3. The molecule has 0 bridgehead atoms. The van der Waals surface area contributed by atoms with E-state index in [0.717, 1.165) is 45.3 Å². The largest absolute Gasteiger partial charge is 0.444 e. The predicted octanol–water partition coefficient (Wildman–Crippen LogP) is 4.75. The first kappa shape index (κ1) is 19.9. The van der Waals surface area contributed by atoms with E-state index >= 15 is 0 Å². The summed E-state index contributed by atoms with van der Waals surface area (Å²) in [6, 6.07) is 0.219. The first-order valence-corrected chi connectivity index (χ1v) is 10.3. The molecular weight excluding hydrogens is 336 g/mol. The second-order valence-electron chi connectivity index (χ2n) is 8.87. The van der Waals surface area contributed by atoms with Gasteiger partial charge >= 0.3 is 6.09 Å². The topological polar surface area (TPSA) is 41.6 Å². The molecule has 4 nitrogen and oxygen atoms in total. The van der Waals surface area contributed by atoms with Gasteiger partial charge in [0, 0.05) is 31.6 Å². The Hall–Kier alpha value is -1.81. The molecule has 1 atom stereocenters. The minimum Gasteiger partial charge on any atom is -0.444 e. The summed E-state index contributed by atoms with van der Waals surface area (Å²) in [5.74, 6) is 0.571. The lowest BCUT2D eigenvalue weighted by molar-refractivity contribution is 0.0481. The molecule has 0 saturated carbocycles. The fourth-order valence-corrected chi connectivity index (χ4v) is 3.98. The van der Waals surface area contributed by atoms with Crippen LogP contribution in [0.15, 0.2) is 47.6 Å². The SMILES string of the molecule is CC(C)(C)OC(=O)NC1CCN(CC2=CCCC3C=CCC=CC3=C2)CC1. The molecule has 0 aromatic carbocycles. The number of allylic oxidation sites excluding steroid dienone is 6. The maximum atomic E-state index is 11.9. The van der Waals surface area contributed by atoms with Crippen LogP contribution in [0.2, 0.25) is 0 Å². The fourth-order valence-electron chi connectivity index (χ4n) is 3.98. The van der Waals surface area contributed by atoms with Gasteiger partial charge in [0.2, 0.25) is 0 Å². The van der Waals surface area contributed by atoms with Gasteiger partial charge in [-0.15, -0.1) is 0 Å². The third kappa shape index (κ3) is 6.39. The number of hydrogen-bond donors (Lipinski definition) is 1. The van der Waals surface area contributed by atoms with Gasteiger partial charge in [0.15, 0.2) is 0 Å². The maximum Gasteiger partial charge on any atom is 0.407 e. The third-order valence-electron chi connectivity index (χ3n) is 5.33. The van der Waals surface area contributed by atoms with Crippen LogP contribution in [0, 0.1) is 5.92 Å². The van der Waals surface area contributed by atoms with Crippen LogP contribution in [0.25, 0.3) is 0 Å². The van der Waals surface area contributed by atoms with Crippen LogP contribution in [0.4, 0.5) is 4.79 Å². The Bertz CT molecular complexity index is 644. The molecule has 0 aromatic rings. The number of amides is 1. The van der Waals surface area contributed by atoms with Crippen molar-refractivity contribution in [1.29, 1.82) is 0 Å². The third-order valence-corrected chi connectivity index (χ3v) is 5.33. The first-order valence-electron chi connectivity index (χ1n) is 10.3. The van der Waals surface area contributed by atoms with E-state index in [1.165, 1.54) is 17.6 Å². The van der Waals surface area contributed by atoms with Crippen LogP contribution in [0.3, 0.4) is 0 Å². The molecule has 1 amide bonds. The van der Waals surface area contributed by atoms with Crippen LogP contribution >= 0.6 is 0 Å². The standard InChI is InChI=1S/C23H34N2O2/c1-23(2,3)27-22(26)24-21-12-14-25(15-13-21)17-18-8-7-11-19-9-5-4-6-10-20(19)16-18/h5-6,8-10,16,19,21H,4,7,11-15,17H2,1-3H3,(H,24,26). The van der Waals surface area contributed by atoms with Crippen molar-refractivity contribution in [1.82, 2.24) is 10.2 Å². The molecule has 27 heavy (non-hydrogen) atoms. The molecule has 1 aliphatic heterocycles. The Balaban J connectivity index is 1.49. The van der Waals surface area contributed by atoms with Gasteiger partial charge in [-0.2, -0.15) is 0 Å². The fraction of sp³-hybridized carbons (Fsp3) is 0.609. The predicted molar refractivity (Wildman–Crippen MR) is 111 cm³/mol. The highest BCUT2D eigenvalue weighted by atomic mass is 16.6. The van der Waals surface area contributed by atoms with Crippen LogP contribution in [0.5, 0.6) is 0 Å². The van der Waals surface area contributed by atoms with Gasteiger partial charge in [0.1, 0.15) is 5.60 Å². The van der Waals surface area contributed by atoms with E-state index in [-0.39, 0.29) is 12.1 Å². The molecule has 0 radical (unpaired) electrons. The van der Waals surface area contributed by atoms with Crippen molar-refractivity contribution in [3.05, 3.63) is 47.6 Å². The van der Waals surface area contributed by atoms with Crippen LogP contribution in [-0.2, 0) is 4.74 Å². The van der Waals surface area contributed by atoms with Crippen LogP contribution < -0.4 is 5.32 Å². The molecule has 1 unspecified atom stereocenters. The summed E-state index contributed by atoms with van der Waals surface area (Å²) in [6.45, 7) is 8.73. The summed E-state index contributed by atoms with van der Waals surface area (Å²) < 4.78 is 5.37. The zero-order valence-corrected chi connectivity index (χ0v) is 17.0. The lowest BCUT2D eigenvalue weighted by atomic mass is 9.95. The summed E-state index contributed by atoms with van der Waals surface area (Å²) in [5, 5.41) is 3.02. The van der Waals surface area contributed by atoms with Gasteiger partial charge in [-0.25, -0.2) is 4.79 Å². The number of nitrogens with zero attached hydrogens (tertiary/aromatic N) is 1. The zero-order chi connectivity index (χ0) is 19.3. The smallest absolute Gasteiger partial charge is 0.407 e. The highest BCUT2D eigenvalue weighted by Gasteiger charge is 2.24. The summed E-state index contributed by atoms with van der Waals surface area (Å²) in [7, 11) is 0. The Kier molecular flexibility index (Phi) is 6.59. The number of piperidine rings is 1. The summed E-state index contributed by atoms with van der Waals surface area (Å²) in [4.78, 5) is 14.5. The number of carbonyl (C=O) groups excluding carboxylic acids is 1. The van der Waals surface area contributed by atoms with Gasteiger partial charge in [-0.1, -0.05) is 36.5 Å². The van der Waals surface area contributed by atoms with E-state index in [2.05, 4.69) is 46.7 Å². The summed E-state index contributed by atoms with van der Waals surface area (Å²) in [5.41, 5.74) is 2.45. The molecule has 2 aliphatic carbocycles. The van der Waals surface area contributed by atoms with E-state index in [1.54, 1.807) is 0 Å². The number of likely N-dealkylation sites (tertiary alicyclic amines) is 1. The maximum absolute atomic E-state index is 11.9. The molecule has 3 rings (SSSR count). The Labute approximate surface area is 164 Å². The molecule has 1 heterocycles. The van der Waals surface area contributed by atoms with Crippen LogP contribution in [0.1, 0.15) is 52.9 Å². The molecular formula is C23H34N2O2. The molecule has 1 N–H and O–H groups in total. The lowest BCUT2D eigenvalue weighted by Gasteiger charge is -2.33. The van der Waals surface area contributed by atoms with Crippen molar-refractivity contribution in [2.45, 2.75) is 64.5 Å². The molecule has 1 saturated heterocycles. The summed E-state index contributed by atoms with van der Waals surface area (Å²) in [6.07, 6.45) is 19.1. The van der Waals surface area contributed by atoms with E-state index in [9.17, 15) is 4.79 Å². The van der Waals surface area contributed by atoms with Gasteiger partial charge < -0.3 is 10.1 Å². The first-order chi connectivity index (χ1) is 12.9. The van der Waals surface area contributed by atoms with E-state index in [1.807, 2.05) is 20.8 Å². The quantitative estimate of drug-likeness (QED) is 0.729. The number of nitrogens with one attached hydrogen (secondary N) is 1. The van der Waals surface area contributed by atoms with Crippen molar-refractivity contribution >= 4 is 6.09 Å². The van der Waals surface area contributed by atoms with E-state index < -0.39 is 5.60 Å². The van der Waals surface area contributed by atoms with Crippen LogP contribution in [-0.4, -0.2) is 42.3 Å². The average molecular weight is 371 g/mol. The highest BCUT2D eigenvalue weighted by molar-refractivity contribution is 5.68. The van der Waals surface area contributed by atoms with Gasteiger partial charge in [-0.3, -0.25) is 4.90 Å². The second kappa shape index (κ2) is 8.92. The number of hydrogen-bond acceptors (Lipinski definition) is 3. The minimum atomic E-state index is -0.441. The van der Waals surface area contributed by atoms with Gasteiger partial charge in [0.25, 0.3) is 0 Å².